The minimum atomic E-state index is -0.868. The molecule has 0 unspecified atom stereocenters. The molecule has 1 saturated heterocycles. The van der Waals surface area contributed by atoms with Crippen LogP contribution >= 0.6 is 11.3 Å². The van der Waals surface area contributed by atoms with Gasteiger partial charge in [-0.2, -0.15) is 0 Å². The second-order valence-electron chi connectivity index (χ2n) is 7.45. The van der Waals surface area contributed by atoms with Crippen LogP contribution in [0.4, 0.5) is 5.13 Å². The fourth-order valence-electron chi connectivity index (χ4n) is 3.11. The summed E-state index contributed by atoms with van der Waals surface area (Å²) in [6, 6.07) is 5.87. The van der Waals surface area contributed by atoms with E-state index in [1.807, 2.05) is 4.90 Å². The van der Waals surface area contributed by atoms with Gasteiger partial charge in [-0.25, -0.2) is 4.98 Å². The van der Waals surface area contributed by atoms with Gasteiger partial charge in [0.2, 0.25) is 0 Å². The number of amides is 3. The van der Waals surface area contributed by atoms with Crippen LogP contribution in [0.1, 0.15) is 34.7 Å². The van der Waals surface area contributed by atoms with E-state index >= 15 is 0 Å². The fourth-order valence-corrected chi connectivity index (χ4v) is 3.97. The van der Waals surface area contributed by atoms with E-state index in [-0.39, 0.29) is 11.6 Å². The molecule has 3 N–H and O–H groups in total. The molecule has 10 nitrogen and oxygen atoms in total. The lowest BCUT2D eigenvalue weighted by Gasteiger charge is -2.26. The molecule has 0 spiro atoms. The molecule has 3 rings (SSSR count). The van der Waals surface area contributed by atoms with Crippen LogP contribution in [-0.2, 0) is 9.53 Å². The molecule has 32 heavy (non-hydrogen) atoms. The first kappa shape index (κ1) is 23.5. The molecule has 3 amide bonds. The Kier molecular flexibility index (Phi) is 8.01. The Hall–Kier alpha value is -3.18. The van der Waals surface area contributed by atoms with E-state index in [9.17, 15) is 14.4 Å². The summed E-state index contributed by atoms with van der Waals surface area (Å²) in [6.07, 6.45) is 0. The van der Waals surface area contributed by atoms with Crippen LogP contribution in [-0.4, -0.2) is 62.2 Å². The van der Waals surface area contributed by atoms with Gasteiger partial charge in [0.15, 0.2) is 5.13 Å². The zero-order chi connectivity index (χ0) is 23.1. The highest BCUT2D eigenvalue weighted by atomic mass is 32.1. The van der Waals surface area contributed by atoms with Gasteiger partial charge < -0.3 is 19.7 Å². The van der Waals surface area contributed by atoms with Gasteiger partial charge in [-0.1, -0.05) is 26.0 Å². The molecular weight excluding hydrogens is 434 g/mol. The maximum atomic E-state index is 12.7. The van der Waals surface area contributed by atoms with Crippen molar-refractivity contribution >= 4 is 34.2 Å². The van der Waals surface area contributed by atoms with Crippen molar-refractivity contribution in [1.82, 2.24) is 21.2 Å². The first-order valence-corrected chi connectivity index (χ1v) is 11.1. The van der Waals surface area contributed by atoms with Crippen molar-refractivity contribution in [3.05, 3.63) is 40.9 Å². The molecule has 0 saturated carbocycles. The first-order chi connectivity index (χ1) is 15.4. The Morgan fingerprint density at radius 3 is 2.53 bits per heavy atom. The lowest BCUT2D eigenvalue weighted by molar-refractivity contribution is -0.124. The number of hydrogen-bond donors (Lipinski definition) is 3. The zero-order valence-corrected chi connectivity index (χ0v) is 19.0. The number of methoxy groups -OCH3 is 1. The number of benzene rings is 1. The van der Waals surface area contributed by atoms with Gasteiger partial charge in [-0.3, -0.25) is 25.2 Å². The lowest BCUT2D eigenvalue weighted by atomic mass is 10.0. The molecule has 0 radical (unpaired) electrons. The van der Waals surface area contributed by atoms with Crippen LogP contribution in [0.15, 0.2) is 29.6 Å². The average Bonchev–Trinajstić information content (AvgIpc) is 3.31. The highest BCUT2D eigenvalue weighted by Crippen LogP contribution is 2.21. The molecule has 1 aromatic carbocycles. The predicted molar refractivity (Wildman–Crippen MR) is 120 cm³/mol. The van der Waals surface area contributed by atoms with Crippen molar-refractivity contribution in [3.63, 3.8) is 0 Å². The lowest BCUT2D eigenvalue weighted by Crippen LogP contribution is -2.54. The number of nitrogens with one attached hydrogen (secondary N) is 3. The molecule has 1 atom stereocenters. The molecule has 1 aliphatic rings. The van der Waals surface area contributed by atoms with E-state index in [0.717, 1.165) is 5.13 Å². The summed E-state index contributed by atoms with van der Waals surface area (Å²) in [5, 5.41) is 5.07. The number of nitrogens with zero attached hydrogens (tertiary/aromatic N) is 2. The Morgan fingerprint density at radius 2 is 1.84 bits per heavy atom. The molecule has 1 fully saturated rings. The zero-order valence-electron chi connectivity index (χ0n) is 18.2. The van der Waals surface area contributed by atoms with E-state index in [1.165, 1.54) is 18.4 Å². The molecule has 172 valence electrons. The number of thiazole rings is 1. The maximum Gasteiger partial charge on any atom is 0.289 e. The van der Waals surface area contributed by atoms with E-state index in [2.05, 4.69) is 21.2 Å². The highest BCUT2D eigenvalue weighted by molar-refractivity contribution is 7.13. The van der Waals surface area contributed by atoms with Gasteiger partial charge >= 0.3 is 0 Å². The van der Waals surface area contributed by atoms with Crippen molar-refractivity contribution in [2.45, 2.75) is 19.9 Å². The second kappa shape index (κ2) is 10.9. The maximum absolute atomic E-state index is 12.7. The molecule has 2 aromatic rings. The van der Waals surface area contributed by atoms with E-state index in [4.69, 9.17) is 9.47 Å². The molecule has 2 heterocycles. The van der Waals surface area contributed by atoms with Crippen molar-refractivity contribution in [1.29, 1.82) is 0 Å². The largest absolute Gasteiger partial charge is 0.496 e. The number of para-hydroxylation sites is 1. The summed E-state index contributed by atoms with van der Waals surface area (Å²) in [5.74, 6) is -1.34. The van der Waals surface area contributed by atoms with Gasteiger partial charge in [0.05, 0.1) is 25.9 Å². The summed E-state index contributed by atoms with van der Waals surface area (Å²) < 4.78 is 10.5. The summed E-state index contributed by atoms with van der Waals surface area (Å²) in [4.78, 5) is 44.2. The number of carbonyl (C=O) groups is 3. The van der Waals surface area contributed by atoms with Crippen molar-refractivity contribution in [2.24, 2.45) is 5.92 Å². The van der Waals surface area contributed by atoms with Crippen LogP contribution in [0.3, 0.4) is 0 Å². The number of ether oxygens (including phenoxy) is 2. The van der Waals surface area contributed by atoms with Gasteiger partial charge in [-0.05, 0) is 18.1 Å². The minimum Gasteiger partial charge on any atom is -0.496 e. The van der Waals surface area contributed by atoms with E-state index in [0.29, 0.717) is 37.6 Å². The number of hydrazine groups is 1. The summed E-state index contributed by atoms with van der Waals surface area (Å²) >= 11 is 1.36. The number of aromatic nitrogens is 1. The van der Waals surface area contributed by atoms with Crippen molar-refractivity contribution in [3.8, 4) is 5.75 Å². The summed E-state index contributed by atoms with van der Waals surface area (Å²) in [7, 11) is 1.47. The van der Waals surface area contributed by atoms with E-state index in [1.54, 1.807) is 43.5 Å². The molecule has 1 aliphatic heterocycles. The quantitative estimate of drug-likeness (QED) is 0.530. The van der Waals surface area contributed by atoms with Gasteiger partial charge in [0.1, 0.15) is 17.5 Å². The van der Waals surface area contributed by atoms with Gasteiger partial charge in [0.25, 0.3) is 17.7 Å². The summed E-state index contributed by atoms with van der Waals surface area (Å²) in [5.41, 5.74) is 5.28. The summed E-state index contributed by atoms with van der Waals surface area (Å²) in [6.45, 7) is 6.26. The standard InChI is InChI=1S/C21H27N5O5S/c1-13(2)17(23-18(27)14-6-4-5-7-16(14)30-3)20(29)25-24-19(28)15-12-32-21(22-15)26-8-10-31-11-9-26/h4-7,12-13,17H,8-11H2,1-3H3,(H,23,27)(H,24,28)(H,25,29)/t17-/m0/s1. The van der Waals surface area contributed by atoms with Gasteiger partial charge in [0, 0.05) is 18.5 Å². The third kappa shape index (κ3) is 5.74. The third-order valence-electron chi connectivity index (χ3n) is 4.89. The van der Waals surface area contributed by atoms with Crippen molar-refractivity contribution < 1.29 is 23.9 Å². The number of hydrogen-bond acceptors (Lipinski definition) is 8. The van der Waals surface area contributed by atoms with Crippen LogP contribution in [0.2, 0.25) is 0 Å². The number of morpholine rings is 1. The number of anilines is 1. The Bertz CT molecular complexity index is 958. The SMILES string of the molecule is COc1ccccc1C(=O)N[C@H](C(=O)NNC(=O)c1csc(N2CCOCC2)n1)C(C)C. The molecule has 0 bridgehead atoms. The Morgan fingerprint density at radius 1 is 1.12 bits per heavy atom. The van der Waals surface area contributed by atoms with Crippen LogP contribution in [0, 0.1) is 5.92 Å². The smallest absolute Gasteiger partial charge is 0.289 e. The Labute approximate surface area is 190 Å². The topological polar surface area (TPSA) is 122 Å². The van der Waals surface area contributed by atoms with Crippen molar-refractivity contribution in [2.75, 3.05) is 38.3 Å². The first-order valence-electron chi connectivity index (χ1n) is 10.2. The average molecular weight is 462 g/mol. The fraction of sp³-hybridized carbons (Fsp3) is 0.429. The molecule has 11 heteroatoms. The normalized spacial score (nSPS) is 14.6. The number of rotatable bonds is 7. The second-order valence-corrected chi connectivity index (χ2v) is 8.29. The molecular formula is C21H27N5O5S. The van der Waals surface area contributed by atoms with Gasteiger partial charge in [-0.15, -0.1) is 11.3 Å². The molecule has 0 aliphatic carbocycles. The van der Waals surface area contributed by atoms with Crippen LogP contribution in [0.5, 0.6) is 5.75 Å². The van der Waals surface area contributed by atoms with Crippen LogP contribution < -0.4 is 25.8 Å². The predicted octanol–water partition coefficient (Wildman–Crippen LogP) is 1.20. The highest BCUT2D eigenvalue weighted by Gasteiger charge is 2.26. The monoisotopic (exact) mass is 461 g/mol. The van der Waals surface area contributed by atoms with E-state index < -0.39 is 23.8 Å². The number of carbonyl (C=O) groups excluding carboxylic acids is 3. The van der Waals surface area contributed by atoms with Crippen LogP contribution in [0.25, 0.3) is 0 Å². The minimum absolute atomic E-state index is 0.205. The third-order valence-corrected chi connectivity index (χ3v) is 5.79. The molecule has 1 aromatic heterocycles. The Balaban J connectivity index is 1.58.